The first-order valence-electron chi connectivity index (χ1n) is 27.3. The molecule has 4 aromatic rings. The molecule has 0 unspecified atom stereocenters. The Balaban J connectivity index is 0.000000133. The van der Waals surface area contributed by atoms with Crippen LogP contribution in [0.2, 0.25) is 0 Å². The van der Waals surface area contributed by atoms with Gasteiger partial charge in [-0.2, -0.15) is 0 Å². The SMILES string of the molecule is C1CC2CCC1C2.CN(C)CC#Cc1cc(N2C3CCC2CC3)ccc1N.CN(C)CC#Cc1cc(N2C3CCC2CC3)ccc1[N+](=O)[O-].O=[N+]([O-])c1ccc(F)cc1Br.O=[N+]([O-])c1ccc(N2C3CCC2CC3)cc1Br. The number of fused-ring (bicyclic) bond motifs is 8. The summed E-state index contributed by atoms with van der Waals surface area (Å²) in [6, 6.07) is 24.3. The number of hydrogen-bond donors (Lipinski definition) is 1. The van der Waals surface area contributed by atoms with Gasteiger partial charge >= 0.3 is 0 Å². The number of rotatable bonds is 8. The lowest BCUT2D eigenvalue weighted by atomic mass is 10.0. The zero-order chi connectivity index (χ0) is 54.9. The number of nitrogens with two attached hydrogens (primary N) is 1. The van der Waals surface area contributed by atoms with Gasteiger partial charge in [0.25, 0.3) is 17.1 Å². The zero-order valence-electron chi connectivity index (χ0n) is 44.7. The van der Waals surface area contributed by atoms with Crippen molar-refractivity contribution in [3.8, 4) is 23.7 Å². The van der Waals surface area contributed by atoms with Gasteiger partial charge in [0.1, 0.15) is 11.4 Å². The van der Waals surface area contributed by atoms with Crippen LogP contribution in [-0.4, -0.2) is 102 Å². The highest BCUT2D eigenvalue weighted by Gasteiger charge is 2.42. The van der Waals surface area contributed by atoms with Crippen molar-refractivity contribution in [1.82, 2.24) is 9.80 Å². The second kappa shape index (κ2) is 26.2. The molecule has 0 amide bonds. The average molecular weight is 1180 g/mol. The van der Waals surface area contributed by atoms with Gasteiger partial charge in [0.05, 0.1) is 36.8 Å². The molecule has 15 nitrogen and oxygen atoms in total. The summed E-state index contributed by atoms with van der Waals surface area (Å²) in [4.78, 5) is 42.4. The molecule has 0 radical (unpaired) electrons. The van der Waals surface area contributed by atoms with Crippen molar-refractivity contribution < 1.29 is 19.2 Å². The van der Waals surface area contributed by atoms with Crippen molar-refractivity contribution in [2.24, 2.45) is 11.8 Å². The number of benzene rings is 4. The number of hydrogen-bond acceptors (Lipinski definition) is 12. The Kier molecular flexibility index (Phi) is 19.6. The molecule has 18 heteroatoms. The van der Waals surface area contributed by atoms with Gasteiger partial charge in [0.2, 0.25) is 0 Å². The maximum Gasteiger partial charge on any atom is 0.285 e. The third kappa shape index (κ3) is 14.5. The Hall–Kier alpha value is -5.79. The lowest BCUT2D eigenvalue weighted by Gasteiger charge is -2.25. The Morgan fingerprint density at radius 2 is 0.844 bits per heavy atom. The summed E-state index contributed by atoms with van der Waals surface area (Å²) >= 11 is 6.15. The van der Waals surface area contributed by atoms with E-state index in [1.54, 1.807) is 44.2 Å². The largest absolute Gasteiger partial charge is 0.398 e. The predicted octanol–water partition coefficient (Wildman–Crippen LogP) is 13.1. The molecule has 12 rings (SSSR count). The molecule has 8 aliphatic rings. The maximum absolute atomic E-state index is 12.4. The highest BCUT2D eigenvalue weighted by atomic mass is 79.9. The normalized spacial score (nSPS) is 24.4. The first kappa shape index (κ1) is 57.4. The van der Waals surface area contributed by atoms with Crippen LogP contribution in [0.25, 0.3) is 0 Å². The summed E-state index contributed by atoms with van der Waals surface area (Å²) in [6.45, 7) is 1.36. The Morgan fingerprint density at radius 3 is 1.19 bits per heavy atom. The number of nitro benzene ring substituents is 3. The third-order valence-corrected chi connectivity index (χ3v) is 17.8. The minimum absolute atomic E-state index is 0.0987. The van der Waals surface area contributed by atoms with Crippen LogP contribution in [0.3, 0.4) is 0 Å². The fourth-order valence-electron chi connectivity index (χ4n) is 13.0. The summed E-state index contributed by atoms with van der Waals surface area (Å²) in [7, 11) is 7.91. The molecule has 0 spiro atoms. The van der Waals surface area contributed by atoms with E-state index in [1.165, 1.54) is 94.6 Å². The van der Waals surface area contributed by atoms with Crippen molar-refractivity contribution in [2.75, 3.05) is 61.7 Å². The molecule has 8 bridgehead atoms. The van der Waals surface area contributed by atoms with Crippen LogP contribution in [0.5, 0.6) is 0 Å². The number of halogens is 3. The monoisotopic (exact) mass is 1180 g/mol. The van der Waals surface area contributed by atoms with Crippen LogP contribution in [0.4, 0.5) is 44.2 Å². The molecule has 2 aliphatic carbocycles. The van der Waals surface area contributed by atoms with E-state index in [9.17, 15) is 34.7 Å². The minimum atomic E-state index is -0.580. The first-order chi connectivity index (χ1) is 36.9. The molecule has 4 aromatic carbocycles. The molecule has 6 saturated heterocycles. The van der Waals surface area contributed by atoms with Crippen LogP contribution in [0.15, 0.2) is 81.7 Å². The van der Waals surface area contributed by atoms with Crippen molar-refractivity contribution in [3.63, 3.8) is 0 Å². The van der Waals surface area contributed by atoms with E-state index in [-0.39, 0.29) is 31.4 Å². The van der Waals surface area contributed by atoms with E-state index in [2.05, 4.69) is 87.3 Å². The number of anilines is 4. The number of nitrogen functional groups attached to an aromatic ring is 1. The van der Waals surface area contributed by atoms with E-state index in [4.69, 9.17) is 5.73 Å². The maximum atomic E-state index is 12.4. The summed E-state index contributed by atoms with van der Waals surface area (Å²) in [6.07, 6.45) is 23.2. The van der Waals surface area contributed by atoms with Gasteiger partial charge in [0, 0.05) is 82.8 Å². The highest BCUT2D eigenvalue weighted by molar-refractivity contribution is 9.11. The molecule has 77 heavy (non-hydrogen) atoms. The Morgan fingerprint density at radius 1 is 0.506 bits per heavy atom. The summed E-state index contributed by atoms with van der Waals surface area (Å²) in [5.74, 6) is 14.2. The Labute approximate surface area is 469 Å². The molecular formula is C59H72Br2FN9O6. The fraction of sp³-hybridized carbons (Fsp3) is 0.525. The molecule has 6 aliphatic heterocycles. The second-order valence-electron chi connectivity index (χ2n) is 22.3. The van der Waals surface area contributed by atoms with Gasteiger partial charge in [0.15, 0.2) is 0 Å². The quantitative estimate of drug-likeness (QED) is 0.0767. The standard InChI is InChI=1S/C17H21N3O2.C17H23N3.C12H13BrN2O2.C7H12.C6H3BrFNO2/c1-18(2)11-3-4-13-12-16(9-10-17(13)20(21)22)19-14-5-6-15(19)8-7-14;1-19(2)11-3-4-13-12-16(9-10-17(13)18)20-14-5-6-15(20)8-7-14;13-11-7-10(5-6-12(11)15(16)17)14-8-1-2-9(14)4-3-8;1-2-7-4-3-6(1)5-7;7-5-3-4(8)1-2-6(5)9(10)11/h9-10,12,14-15H,5-8,11H2,1-2H3;9-10,12,14-15H,5-8,11,18H2,1-2H3;5-9H,1-4H2;6-7H,1-5H2;1-3H. The van der Waals surface area contributed by atoms with Crippen molar-refractivity contribution in [2.45, 2.75) is 145 Å². The summed E-state index contributed by atoms with van der Waals surface area (Å²) < 4.78 is 13.1. The topological polar surface area (TPSA) is 172 Å². The van der Waals surface area contributed by atoms with Crippen molar-refractivity contribution >= 4 is 71.7 Å². The van der Waals surface area contributed by atoms with Crippen LogP contribution < -0.4 is 20.4 Å². The number of nitrogens with zero attached hydrogens (tertiary/aromatic N) is 8. The molecule has 8 fully saturated rings. The predicted molar refractivity (Wildman–Crippen MR) is 312 cm³/mol. The number of nitro groups is 3. The summed E-state index contributed by atoms with van der Waals surface area (Å²) in [5, 5.41) is 32.1. The van der Waals surface area contributed by atoms with E-state index >= 15 is 0 Å². The van der Waals surface area contributed by atoms with Gasteiger partial charge in [-0.05, 0) is 210 Å². The van der Waals surface area contributed by atoms with Crippen molar-refractivity contribution in [3.05, 3.63) is 129 Å². The van der Waals surface area contributed by atoms with Gasteiger partial charge in [-0.1, -0.05) is 49.4 Å². The fourth-order valence-corrected chi connectivity index (χ4v) is 14.0. The van der Waals surface area contributed by atoms with Gasteiger partial charge in [-0.25, -0.2) is 4.39 Å². The van der Waals surface area contributed by atoms with Crippen LogP contribution in [0.1, 0.15) is 120 Å². The molecule has 0 aromatic heterocycles. The highest BCUT2D eigenvalue weighted by Crippen LogP contribution is 2.46. The van der Waals surface area contributed by atoms with Crippen LogP contribution in [-0.2, 0) is 0 Å². The smallest absolute Gasteiger partial charge is 0.285 e. The van der Waals surface area contributed by atoms with Crippen LogP contribution in [0, 0.1) is 71.7 Å². The lowest BCUT2D eigenvalue weighted by molar-refractivity contribution is -0.385. The van der Waals surface area contributed by atoms with E-state index in [0.717, 1.165) is 59.5 Å². The molecular weight excluding hydrogens is 1110 g/mol. The van der Waals surface area contributed by atoms with Gasteiger partial charge in [-0.3, -0.25) is 40.1 Å². The summed E-state index contributed by atoms with van der Waals surface area (Å²) in [5.41, 5.74) is 11.9. The van der Waals surface area contributed by atoms with Crippen molar-refractivity contribution in [1.29, 1.82) is 0 Å². The molecule has 6 heterocycles. The molecule has 410 valence electrons. The first-order valence-corrected chi connectivity index (χ1v) is 28.9. The van der Waals surface area contributed by atoms with Gasteiger partial charge < -0.3 is 20.4 Å². The minimum Gasteiger partial charge on any atom is -0.398 e. The van der Waals surface area contributed by atoms with Crippen LogP contribution >= 0.6 is 31.9 Å². The molecule has 2 N–H and O–H groups in total. The van der Waals surface area contributed by atoms with E-state index in [0.29, 0.717) is 40.7 Å². The molecule has 0 atom stereocenters. The third-order valence-electron chi connectivity index (χ3n) is 16.6. The van der Waals surface area contributed by atoms with E-state index in [1.807, 2.05) is 63.4 Å². The zero-order valence-corrected chi connectivity index (χ0v) is 47.9. The average Bonchev–Trinajstić information content (AvgIpc) is 4.31. The van der Waals surface area contributed by atoms with E-state index < -0.39 is 10.7 Å². The molecule has 2 saturated carbocycles. The lowest BCUT2D eigenvalue weighted by Crippen LogP contribution is -2.28. The Bertz CT molecular complexity index is 2830. The van der Waals surface area contributed by atoms with Gasteiger partial charge in [-0.15, -0.1) is 0 Å². The second-order valence-corrected chi connectivity index (χ2v) is 24.0.